The molecule has 2 aromatic carbocycles. The Hall–Kier alpha value is -3.75. The van der Waals surface area contributed by atoms with E-state index in [1.54, 1.807) is 24.3 Å². The minimum absolute atomic E-state index is 0.147. The topological polar surface area (TPSA) is 59.2 Å². The SMILES string of the molecule is CC(C)c1ccccc1-c1ncc2cnn(C(C)c3ccc(C4=NC(C(F)(F)F)CN4C)cc3)c2n1. The number of rotatable bonds is 5. The quantitative estimate of drug-likeness (QED) is 0.351. The molecule has 36 heavy (non-hydrogen) atoms. The number of likely N-dealkylation sites (N-methyl/N-ethyl adjacent to an activating group) is 1. The van der Waals surface area contributed by atoms with E-state index in [0.717, 1.165) is 22.2 Å². The molecule has 0 bridgehead atoms. The first kappa shape index (κ1) is 24.0. The summed E-state index contributed by atoms with van der Waals surface area (Å²) in [6.07, 6.45) is -0.806. The van der Waals surface area contributed by atoms with Gasteiger partial charge in [0.15, 0.2) is 17.5 Å². The molecule has 5 rings (SSSR count). The first-order valence-corrected chi connectivity index (χ1v) is 11.9. The van der Waals surface area contributed by atoms with E-state index in [1.165, 1.54) is 5.56 Å². The van der Waals surface area contributed by atoms with E-state index in [2.05, 4.69) is 35.0 Å². The van der Waals surface area contributed by atoms with Crippen molar-refractivity contribution in [3.8, 4) is 11.4 Å². The second-order valence-electron chi connectivity index (χ2n) is 9.49. The summed E-state index contributed by atoms with van der Waals surface area (Å²) in [7, 11) is 1.63. The number of fused-ring (bicyclic) bond motifs is 1. The molecule has 0 amide bonds. The van der Waals surface area contributed by atoms with Crippen molar-refractivity contribution in [2.75, 3.05) is 13.6 Å². The lowest BCUT2D eigenvalue weighted by Gasteiger charge is -2.17. The third-order valence-corrected chi connectivity index (χ3v) is 6.64. The number of alkyl halides is 3. The van der Waals surface area contributed by atoms with E-state index in [4.69, 9.17) is 4.98 Å². The van der Waals surface area contributed by atoms with E-state index in [9.17, 15) is 13.2 Å². The van der Waals surface area contributed by atoms with Crippen molar-refractivity contribution in [1.82, 2.24) is 24.6 Å². The van der Waals surface area contributed by atoms with Gasteiger partial charge in [-0.25, -0.2) is 14.6 Å². The molecule has 2 unspecified atom stereocenters. The van der Waals surface area contributed by atoms with Crippen LogP contribution in [0.2, 0.25) is 0 Å². The van der Waals surface area contributed by atoms with Crippen LogP contribution in [-0.2, 0) is 0 Å². The molecule has 0 radical (unpaired) electrons. The molecule has 0 N–H and O–H groups in total. The zero-order chi connectivity index (χ0) is 25.6. The van der Waals surface area contributed by atoms with Crippen molar-refractivity contribution in [2.24, 2.45) is 4.99 Å². The number of benzene rings is 2. The third kappa shape index (κ3) is 4.34. The Morgan fingerprint density at radius 1 is 0.972 bits per heavy atom. The second-order valence-corrected chi connectivity index (χ2v) is 9.49. The van der Waals surface area contributed by atoms with E-state index in [-0.39, 0.29) is 12.6 Å². The third-order valence-electron chi connectivity index (χ3n) is 6.64. The molecule has 2 aromatic heterocycles. The Balaban J connectivity index is 1.46. The average molecular weight is 493 g/mol. The summed E-state index contributed by atoms with van der Waals surface area (Å²) in [5.41, 5.74) is 4.51. The van der Waals surface area contributed by atoms with Gasteiger partial charge in [-0.2, -0.15) is 18.3 Å². The van der Waals surface area contributed by atoms with Gasteiger partial charge in [0.05, 0.1) is 24.2 Å². The molecule has 1 aliphatic heterocycles. The molecule has 1 aliphatic rings. The zero-order valence-corrected chi connectivity index (χ0v) is 20.5. The maximum absolute atomic E-state index is 13.1. The molecule has 4 aromatic rings. The van der Waals surface area contributed by atoms with Crippen LogP contribution in [0.15, 0.2) is 65.9 Å². The zero-order valence-electron chi connectivity index (χ0n) is 20.5. The van der Waals surface area contributed by atoms with Gasteiger partial charge < -0.3 is 4.90 Å². The van der Waals surface area contributed by atoms with Crippen LogP contribution in [0.25, 0.3) is 22.4 Å². The Kier molecular flexibility index (Phi) is 6.02. The van der Waals surface area contributed by atoms with Crippen LogP contribution in [0.3, 0.4) is 0 Å². The van der Waals surface area contributed by atoms with Crippen LogP contribution in [-0.4, -0.2) is 56.3 Å². The summed E-state index contributed by atoms with van der Waals surface area (Å²) in [4.78, 5) is 14.9. The number of hydrogen-bond acceptors (Lipinski definition) is 5. The van der Waals surface area contributed by atoms with Crippen molar-refractivity contribution < 1.29 is 13.2 Å². The Bertz CT molecular complexity index is 1420. The molecule has 0 saturated heterocycles. The molecule has 0 saturated carbocycles. The van der Waals surface area contributed by atoms with E-state index in [0.29, 0.717) is 23.1 Å². The Labute approximate surface area is 207 Å². The van der Waals surface area contributed by atoms with Crippen LogP contribution < -0.4 is 0 Å². The van der Waals surface area contributed by atoms with Crippen molar-refractivity contribution in [3.05, 3.63) is 77.6 Å². The van der Waals surface area contributed by atoms with Gasteiger partial charge in [0.25, 0.3) is 0 Å². The van der Waals surface area contributed by atoms with Gasteiger partial charge in [0.1, 0.15) is 5.84 Å². The average Bonchev–Trinajstić information content (AvgIpc) is 3.47. The molecule has 0 spiro atoms. The highest BCUT2D eigenvalue weighted by atomic mass is 19.4. The Morgan fingerprint density at radius 3 is 2.36 bits per heavy atom. The van der Waals surface area contributed by atoms with Crippen molar-refractivity contribution in [2.45, 2.75) is 44.9 Å². The van der Waals surface area contributed by atoms with Gasteiger partial charge in [0, 0.05) is 24.4 Å². The van der Waals surface area contributed by atoms with Crippen LogP contribution in [0.1, 0.15) is 49.4 Å². The fraction of sp³-hybridized carbons (Fsp3) is 0.333. The normalized spacial score (nSPS) is 17.2. The molecular weight excluding hydrogens is 465 g/mol. The minimum Gasteiger partial charge on any atom is -0.357 e. The van der Waals surface area contributed by atoms with Gasteiger partial charge in [0.2, 0.25) is 0 Å². The lowest BCUT2D eigenvalue weighted by Crippen LogP contribution is -2.33. The van der Waals surface area contributed by atoms with Gasteiger partial charge in [-0.1, -0.05) is 62.4 Å². The molecular formula is C27H27F3N6. The molecule has 186 valence electrons. The standard InChI is InChI=1S/C27H27F3N6/c1-16(2)21-7-5-6-8-22(21)24-31-13-20-14-32-36(26(20)34-24)17(3)18-9-11-19(12-10-18)25-33-23(15-35(25)4)27(28,29)30/h5-14,16-17,23H,15H2,1-4H3. The monoisotopic (exact) mass is 492 g/mol. The van der Waals surface area contributed by atoms with Crippen LogP contribution >= 0.6 is 0 Å². The van der Waals surface area contributed by atoms with Crippen LogP contribution in [0.5, 0.6) is 0 Å². The van der Waals surface area contributed by atoms with Gasteiger partial charge in [-0.15, -0.1) is 0 Å². The van der Waals surface area contributed by atoms with Crippen molar-refractivity contribution in [1.29, 1.82) is 0 Å². The first-order chi connectivity index (χ1) is 17.1. The molecule has 0 fully saturated rings. The van der Waals surface area contributed by atoms with Gasteiger partial charge in [-0.05, 0) is 24.0 Å². The summed E-state index contributed by atoms with van der Waals surface area (Å²) < 4.78 is 41.2. The molecule has 9 heteroatoms. The minimum atomic E-state index is -4.35. The first-order valence-electron chi connectivity index (χ1n) is 11.9. The maximum atomic E-state index is 13.1. The van der Waals surface area contributed by atoms with Gasteiger partial charge in [-0.3, -0.25) is 4.99 Å². The summed E-state index contributed by atoms with van der Waals surface area (Å²) in [6, 6.07) is 13.7. The fourth-order valence-corrected chi connectivity index (χ4v) is 4.61. The predicted octanol–water partition coefficient (Wildman–Crippen LogP) is 5.85. The molecule has 6 nitrogen and oxygen atoms in total. The highest BCUT2D eigenvalue weighted by Crippen LogP contribution is 2.30. The van der Waals surface area contributed by atoms with Crippen molar-refractivity contribution in [3.63, 3.8) is 0 Å². The van der Waals surface area contributed by atoms with Crippen molar-refractivity contribution >= 4 is 16.9 Å². The summed E-state index contributed by atoms with van der Waals surface area (Å²) >= 11 is 0. The smallest absolute Gasteiger partial charge is 0.357 e. The number of nitrogens with zero attached hydrogens (tertiary/aromatic N) is 6. The predicted molar refractivity (Wildman–Crippen MR) is 134 cm³/mol. The maximum Gasteiger partial charge on any atom is 0.412 e. The second kappa shape index (κ2) is 9.04. The fourth-order valence-electron chi connectivity index (χ4n) is 4.61. The van der Waals surface area contributed by atoms with E-state index >= 15 is 0 Å². The van der Waals surface area contributed by atoms with Crippen LogP contribution in [0, 0.1) is 0 Å². The summed E-state index contributed by atoms with van der Waals surface area (Å²) in [5.74, 6) is 1.33. The Morgan fingerprint density at radius 2 is 1.69 bits per heavy atom. The van der Waals surface area contributed by atoms with Crippen LogP contribution in [0.4, 0.5) is 13.2 Å². The number of halogens is 3. The number of amidine groups is 1. The molecule has 3 heterocycles. The summed E-state index contributed by atoms with van der Waals surface area (Å²) in [5, 5.41) is 5.41. The highest BCUT2D eigenvalue weighted by molar-refractivity contribution is 6.00. The highest BCUT2D eigenvalue weighted by Gasteiger charge is 2.44. The number of aromatic nitrogens is 4. The summed E-state index contributed by atoms with van der Waals surface area (Å²) in [6.45, 7) is 6.14. The lowest BCUT2D eigenvalue weighted by atomic mass is 9.97. The van der Waals surface area contributed by atoms with E-state index < -0.39 is 12.2 Å². The number of hydrogen-bond donors (Lipinski definition) is 0. The molecule has 2 atom stereocenters. The van der Waals surface area contributed by atoms with E-state index in [1.807, 2.05) is 54.1 Å². The lowest BCUT2D eigenvalue weighted by molar-refractivity contribution is -0.145. The largest absolute Gasteiger partial charge is 0.412 e. The molecule has 0 aliphatic carbocycles. The number of aliphatic imine (C=N–C) groups is 1. The van der Waals surface area contributed by atoms with Gasteiger partial charge >= 0.3 is 6.18 Å².